The average molecular weight is 299 g/mol. The zero-order chi connectivity index (χ0) is 15.9. The Kier molecular flexibility index (Phi) is 6.95. The van der Waals surface area contributed by atoms with Crippen LogP contribution in [0.3, 0.4) is 0 Å². The summed E-state index contributed by atoms with van der Waals surface area (Å²) in [6.07, 6.45) is 4.22. The molecular weight excluding hydrogens is 270 g/mol. The van der Waals surface area contributed by atoms with Gasteiger partial charge >= 0.3 is 12.0 Å². The highest BCUT2D eigenvalue weighted by Crippen LogP contribution is 2.19. The van der Waals surface area contributed by atoms with E-state index in [4.69, 9.17) is 5.11 Å². The Balaban J connectivity index is 2.28. The molecule has 0 aromatic carbocycles. The van der Waals surface area contributed by atoms with E-state index < -0.39 is 11.4 Å². The van der Waals surface area contributed by atoms with Gasteiger partial charge in [-0.05, 0) is 46.2 Å². The van der Waals surface area contributed by atoms with Crippen LogP contribution in [-0.2, 0) is 4.79 Å². The molecule has 1 aliphatic heterocycles. The van der Waals surface area contributed by atoms with Crippen LogP contribution in [0.4, 0.5) is 4.79 Å². The Labute approximate surface area is 127 Å². The van der Waals surface area contributed by atoms with Gasteiger partial charge in [-0.25, -0.2) is 4.79 Å². The molecule has 6 nitrogen and oxygen atoms in total. The maximum Gasteiger partial charge on any atom is 0.314 e. The second-order valence-corrected chi connectivity index (χ2v) is 6.23. The normalized spacial score (nSPS) is 20.3. The standard InChI is InChI=1S/C15H29N3O3/c1-4-15(3,13(19)20)11-17-14(21)16-10-12(2)18-8-6-5-7-9-18/h12H,4-11H2,1-3H3,(H,19,20)(H2,16,17,21). The van der Waals surface area contributed by atoms with Crippen molar-refractivity contribution in [3.05, 3.63) is 0 Å². The lowest BCUT2D eigenvalue weighted by atomic mass is 9.88. The number of carbonyl (C=O) groups is 2. The van der Waals surface area contributed by atoms with E-state index in [9.17, 15) is 9.59 Å². The van der Waals surface area contributed by atoms with Gasteiger partial charge in [0.05, 0.1) is 5.41 Å². The van der Waals surface area contributed by atoms with E-state index in [1.807, 2.05) is 6.92 Å². The van der Waals surface area contributed by atoms with E-state index in [0.29, 0.717) is 19.0 Å². The predicted molar refractivity (Wildman–Crippen MR) is 82.3 cm³/mol. The second kappa shape index (κ2) is 8.22. The molecule has 3 N–H and O–H groups in total. The van der Waals surface area contributed by atoms with Crippen LogP contribution in [-0.4, -0.2) is 54.2 Å². The SMILES string of the molecule is CCC(C)(CNC(=O)NCC(C)N1CCCCC1)C(=O)O. The zero-order valence-corrected chi connectivity index (χ0v) is 13.4. The molecule has 1 fully saturated rings. The molecule has 1 rings (SSSR count). The van der Waals surface area contributed by atoms with Crippen molar-refractivity contribution in [2.75, 3.05) is 26.2 Å². The van der Waals surface area contributed by atoms with Gasteiger partial charge in [0.15, 0.2) is 0 Å². The Morgan fingerprint density at radius 2 is 1.86 bits per heavy atom. The molecule has 0 radical (unpaired) electrons. The van der Waals surface area contributed by atoms with Gasteiger partial charge < -0.3 is 15.7 Å². The molecule has 1 saturated heterocycles. The minimum absolute atomic E-state index is 0.142. The van der Waals surface area contributed by atoms with Crippen molar-refractivity contribution in [3.8, 4) is 0 Å². The Bertz CT molecular complexity index is 356. The first-order valence-electron chi connectivity index (χ1n) is 7.88. The maximum atomic E-state index is 11.8. The molecule has 2 amide bonds. The number of piperidine rings is 1. The summed E-state index contributed by atoms with van der Waals surface area (Å²) >= 11 is 0. The minimum atomic E-state index is -0.907. The number of carboxylic acids is 1. The lowest BCUT2D eigenvalue weighted by molar-refractivity contribution is -0.147. The molecule has 2 unspecified atom stereocenters. The van der Waals surface area contributed by atoms with Crippen molar-refractivity contribution in [3.63, 3.8) is 0 Å². The summed E-state index contributed by atoms with van der Waals surface area (Å²) in [5, 5.41) is 14.7. The van der Waals surface area contributed by atoms with Crippen LogP contribution in [0.5, 0.6) is 0 Å². The molecule has 0 aromatic heterocycles. The number of urea groups is 1. The van der Waals surface area contributed by atoms with E-state index in [-0.39, 0.29) is 12.6 Å². The van der Waals surface area contributed by atoms with Gasteiger partial charge in [0.25, 0.3) is 0 Å². The molecular formula is C15H29N3O3. The molecule has 0 bridgehead atoms. The monoisotopic (exact) mass is 299 g/mol. The Morgan fingerprint density at radius 3 is 2.38 bits per heavy atom. The molecule has 1 heterocycles. The van der Waals surface area contributed by atoms with Gasteiger partial charge in [-0.3, -0.25) is 9.69 Å². The van der Waals surface area contributed by atoms with Gasteiger partial charge in [-0.15, -0.1) is 0 Å². The van der Waals surface area contributed by atoms with E-state index in [2.05, 4.69) is 22.5 Å². The second-order valence-electron chi connectivity index (χ2n) is 6.23. The highest BCUT2D eigenvalue weighted by Gasteiger charge is 2.31. The number of carbonyl (C=O) groups excluding carboxylic acids is 1. The molecule has 0 spiro atoms. The predicted octanol–water partition coefficient (Wildman–Crippen LogP) is 1.66. The smallest absolute Gasteiger partial charge is 0.314 e. The molecule has 122 valence electrons. The Hall–Kier alpha value is -1.30. The number of rotatable bonds is 7. The zero-order valence-electron chi connectivity index (χ0n) is 13.4. The lowest BCUT2D eigenvalue weighted by Gasteiger charge is -2.32. The summed E-state index contributed by atoms with van der Waals surface area (Å²) in [4.78, 5) is 25.3. The summed E-state index contributed by atoms with van der Waals surface area (Å²) in [5.74, 6) is -0.882. The van der Waals surface area contributed by atoms with E-state index in [1.165, 1.54) is 19.3 Å². The number of nitrogens with one attached hydrogen (secondary N) is 2. The minimum Gasteiger partial charge on any atom is -0.481 e. The third-order valence-corrected chi connectivity index (χ3v) is 4.51. The quantitative estimate of drug-likeness (QED) is 0.668. The van der Waals surface area contributed by atoms with Gasteiger partial charge in [0.2, 0.25) is 0 Å². The number of amides is 2. The van der Waals surface area contributed by atoms with Gasteiger partial charge in [-0.2, -0.15) is 0 Å². The third-order valence-electron chi connectivity index (χ3n) is 4.51. The summed E-state index contributed by atoms with van der Waals surface area (Å²) in [5.41, 5.74) is -0.907. The fraction of sp³-hybridized carbons (Fsp3) is 0.867. The lowest BCUT2D eigenvalue weighted by Crippen LogP contribution is -2.49. The first-order valence-corrected chi connectivity index (χ1v) is 7.88. The van der Waals surface area contributed by atoms with Crippen LogP contribution in [0.1, 0.15) is 46.5 Å². The van der Waals surface area contributed by atoms with Crippen LogP contribution in [0.2, 0.25) is 0 Å². The van der Waals surface area contributed by atoms with Crippen molar-refractivity contribution in [1.82, 2.24) is 15.5 Å². The number of hydrogen-bond donors (Lipinski definition) is 3. The fourth-order valence-electron chi connectivity index (χ4n) is 2.42. The molecule has 1 aliphatic rings. The number of likely N-dealkylation sites (tertiary alicyclic amines) is 1. The van der Waals surface area contributed by atoms with Crippen molar-refractivity contribution in [1.29, 1.82) is 0 Å². The highest BCUT2D eigenvalue weighted by molar-refractivity contribution is 5.77. The maximum absolute atomic E-state index is 11.8. The molecule has 21 heavy (non-hydrogen) atoms. The number of nitrogens with zero attached hydrogens (tertiary/aromatic N) is 1. The number of hydrogen-bond acceptors (Lipinski definition) is 3. The summed E-state index contributed by atoms with van der Waals surface area (Å²) in [6.45, 7) is 8.48. The number of aliphatic carboxylic acids is 1. The van der Waals surface area contributed by atoms with Gasteiger partial charge in [0.1, 0.15) is 0 Å². The van der Waals surface area contributed by atoms with E-state index >= 15 is 0 Å². The van der Waals surface area contributed by atoms with Crippen LogP contribution < -0.4 is 10.6 Å². The van der Waals surface area contributed by atoms with Crippen molar-refractivity contribution in [2.45, 2.75) is 52.5 Å². The van der Waals surface area contributed by atoms with Crippen molar-refractivity contribution >= 4 is 12.0 Å². The largest absolute Gasteiger partial charge is 0.481 e. The molecule has 6 heteroatoms. The van der Waals surface area contributed by atoms with Crippen LogP contribution in [0.15, 0.2) is 0 Å². The van der Waals surface area contributed by atoms with E-state index in [0.717, 1.165) is 13.1 Å². The van der Waals surface area contributed by atoms with Crippen LogP contribution >= 0.6 is 0 Å². The van der Waals surface area contributed by atoms with Crippen molar-refractivity contribution in [2.24, 2.45) is 5.41 Å². The van der Waals surface area contributed by atoms with Crippen LogP contribution in [0, 0.1) is 5.41 Å². The summed E-state index contributed by atoms with van der Waals surface area (Å²) in [6, 6.07) is 0.0212. The third kappa shape index (κ3) is 5.53. The average Bonchev–Trinajstić information content (AvgIpc) is 2.50. The Morgan fingerprint density at radius 1 is 1.24 bits per heavy atom. The molecule has 0 aliphatic carbocycles. The van der Waals surface area contributed by atoms with Gasteiger partial charge in [-0.1, -0.05) is 13.3 Å². The van der Waals surface area contributed by atoms with Crippen molar-refractivity contribution < 1.29 is 14.7 Å². The summed E-state index contributed by atoms with van der Waals surface area (Å²) in [7, 11) is 0. The highest BCUT2D eigenvalue weighted by atomic mass is 16.4. The first kappa shape index (κ1) is 17.8. The topological polar surface area (TPSA) is 81.7 Å². The molecule has 0 saturated carbocycles. The fourth-order valence-corrected chi connectivity index (χ4v) is 2.42. The molecule has 2 atom stereocenters. The van der Waals surface area contributed by atoms with Gasteiger partial charge in [0, 0.05) is 19.1 Å². The summed E-state index contributed by atoms with van der Waals surface area (Å²) < 4.78 is 0. The van der Waals surface area contributed by atoms with E-state index in [1.54, 1.807) is 6.92 Å². The van der Waals surface area contributed by atoms with Crippen LogP contribution in [0.25, 0.3) is 0 Å². The number of carboxylic acid groups (broad SMARTS) is 1. The molecule has 0 aromatic rings. The first-order chi connectivity index (χ1) is 9.89.